The number of rotatable bonds is 0. The summed E-state index contributed by atoms with van der Waals surface area (Å²) in [5.74, 6) is 0. The third kappa shape index (κ3) is 1.89. The van der Waals surface area contributed by atoms with Gasteiger partial charge in [-0.25, -0.2) is 15.0 Å². The third-order valence-corrected chi connectivity index (χ3v) is 2.81. The minimum absolute atomic E-state index is 0.0719. The fourth-order valence-electron chi connectivity index (χ4n) is 1.04. The molecule has 2 heterocycles. The molecule has 0 saturated heterocycles. The molecule has 0 aromatic carbocycles. The van der Waals surface area contributed by atoms with E-state index in [-0.39, 0.29) is 15.6 Å². The second-order valence-electron chi connectivity index (χ2n) is 2.75. The molecule has 0 bridgehead atoms. The largest absolute Gasteiger partial charge is 0.443 e. The lowest BCUT2D eigenvalue weighted by Gasteiger charge is -1.98. The second kappa shape index (κ2) is 3.28. The maximum atomic E-state index is 12.3. The van der Waals surface area contributed by atoms with Crippen LogP contribution in [0.4, 0.5) is 13.2 Å². The monoisotopic (exact) mass is 253 g/mol. The topological polar surface area (TPSA) is 38.7 Å². The summed E-state index contributed by atoms with van der Waals surface area (Å²) in [6.45, 7) is 1.54. The number of aromatic nitrogens is 3. The SMILES string of the molecule is Cc1nc(Cl)nc2sc(C(F)(F)F)nc12. The highest BCUT2D eigenvalue weighted by Gasteiger charge is 2.35. The van der Waals surface area contributed by atoms with Gasteiger partial charge in [-0.2, -0.15) is 13.2 Å². The lowest BCUT2D eigenvalue weighted by molar-refractivity contribution is -0.137. The molecule has 0 aliphatic carbocycles. The van der Waals surface area contributed by atoms with Crippen LogP contribution in [-0.2, 0) is 6.18 Å². The van der Waals surface area contributed by atoms with Gasteiger partial charge < -0.3 is 0 Å². The van der Waals surface area contributed by atoms with Crippen LogP contribution in [0.3, 0.4) is 0 Å². The van der Waals surface area contributed by atoms with E-state index in [4.69, 9.17) is 11.6 Å². The Kier molecular flexibility index (Phi) is 2.31. The van der Waals surface area contributed by atoms with E-state index in [1.807, 2.05) is 0 Å². The minimum atomic E-state index is -4.45. The first-order chi connectivity index (χ1) is 6.88. The fraction of sp³-hybridized carbons (Fsp3) is 0.286. The van der Waals surface area contributed by atoms with Crippen LogP contribution in [0.1, 0.15) is 10.7 Å². The van der Waals surface area contributed by atoms with Crippen molar-refractivity contribution in [3.8, 4) is 0 Å². The van der Waals surface area contributed by atoms with Gasteiger partial charge in [-0.05, 0) is 18.5 Å². The molecule has 0 fully saturated rings. The number of fused-ring (bicyclic) bond motifs is 1. The van der Waals surface area contributed by atoms with Crippen LogP contribution in [0.15, 0.2) is 0 Å². The maximum absolute atomic E-state index is 12.3. The summed E-state index contributed by atoms with van der Waals surface area (Å²) in [6.07, 6.45) is -4.45. The molecule has 0 N–H and O–H groups in total. The summed E-state index contributed by atoms with van der Waals surface area (Å²) < 4.78 is 37.0. The third-order valence-electron chi connectivity index (χ3n) is 1.65. The molecule has 0 atom stereocenters. The Balaban J connectivity index is 2.71. The Morgan fingerprint density at radius 3 is 2.47 bits per heavy atom. The molecule has 8 heteroatoms. The summed E-state index contributed by atoms with van der Waals surface area (Å²) >= 11 is 5.98. The van der Waals surface area contributed by atoms with E-state index in [0.717, 1.165) is 0 Å². The van der Waals surface area contributed by atoms with Gasteiger partial charge in [0, 0.05) is 0 Å². The van der Waals surface area contributed by atoms with E-state index in [2.05, 4.69) is 15.0 Å². The molecule has 15 heavy (non-hydrogen) atoms. The molecule has 0 saturated carbocycles. The Bertz CT molecular complexity index is 522. The highest BCUT2D eigenvalue weighted by atomic mass is 35.5. The number of hydrogen-bond donors (Lipinski definition) is 0. The van der Waals surface area contributed by atoms with Gasteiger partial charge in [-0.3, -0.25) is 0 Å². The van der Waals surface area contributed by atoms with Gasteiger partial charge in [-0.1, -0.05) is 11.3 Å². The zero-order valence-electron chi connectivity index (χ0n) is 7.26. The predicted octanol–water partition coefficient (Wildman–Crippen LogP) is 3.07. The van der Waals surface area contributed by atoms with Crippen LogP contribution in [-0.4, -0.2) is 15.0 Å². The van der Waals surface area contributed by atoms with Crippen LogP contribution >= 0.6 is 22.9 Å². The summed E-state index contributed by atoms with van der Waals surface area (Å²) in [7, 11) is 0. The molecule has 0 aliphatic heterocycles. The van der Waals surface area contributed by atoms with Gasteiger partial charge in [0.15, 0.2) is 0 Å². The average Bonchev–Trinajstić information content (AvgIpc) is 2.46. The van der Waals surface area contributed by atoms with E-state index in [9.17, 15) is 13.2 Å². The standard InChI is InChI=1S/C7H3ClF3N3S/c1-2-3-4(14-6(8)12-2)15-5(13-3)7(9,10)11/h1H3. The first kappa shape index (κ1) is 10.6. The van der Waals surface area contributed by atoms with Gasteiger partial charge in [0.05, 0.1) is 5.69 Å². The van der Waals surface area contributed by atoms with Gasteiger partial charge in [-0.15, -0.1) is 0 Å². The minimum Gasteiger partial charge on any atom is -0.228 e. The Labute approximate surface area is 90.9 Å². The van der Waals surface area contributed by atoms with Crippen molar-refractivity contribution < 1.29 is 13.2 Å². The van der Waals surface area contributed by atoms with Crippen LogP contribution in [0.25, 0.3) is 10.3 Å². The smallest absolute Gasteiger partial charge is 0.228 e. The lowest BCUT2D eigenvalue weighted by Crippen LogP contribution is -2.03. The molecule has 0 radical (unpaired) electrons. The van der Waals surface area contributed by atoms with Crippen molar-refractivity contribution >= 4 is 33.3 Å². The van der Waals surface area contributed by atoms with Gasteiger partial charge in [0.25, 0.3) is 0 Å². The molecule has 0 spiro atoms. The van der Waals surface area contributed by atoms with Crippen molar-refractivity contribution in [1.29, 1.82) is 0 Å². The molecular weight excluding hydrogens is 251 g/mol. The van der Waals surface area contributed by atoms with E-state index in [1.165, 1.54) is 6.92 Å². The van der Waals surface area contributed by atoms with Crippen molar-refractivity contribution in [2.24, 2.45) is 0 Å². The number of aryl methyl sites for hydroxylation is 1. The molecule has 80 valence electrons. The maximum Gasteiger partial charge on any atom is 0.443 e. The highest BCUT2D eigenvalue weighted by Crippen LogP contribution is 2.35. The van der Waals surface area contributed by atoms with Crippen LogP contribution in [0.2, 0.25) is 5.28 Å². The molecular formula is C7H3ClF3N3S. The number of halogens is 4. The van der Waals surface area contributed by atoms with Crippen molar-refractivity contribution in [2.75, 3.05) is 0 Å². The van der Waals surface area contributed by atoms with Crippen LogP contribution in [0, 0.1) is 6.92 Å². The quantitative estimate of drug-likeness (QED) is 0.678. The van der Waals surface area contributed by atoms with E-state index in [1.54, 1.807) is 0 Å². The Hall–Kier alpha value is -0.950. The average molecular weight is 254 g/mol. The van der Waals surface area contributed by atoms with Crippen molar-refractivity contribution in [3.05, 3.63) is 16.0 Å². The van der Waals surface area contributed by atoms with E-state index < -0.39 is 11.2 Å². The summed E-state index contributed by atoms with van der Waals surface area (Å²) in [4.78, 5) is 11.0. The molecule has 0 amide bonds. The molecule has 0 unspecified atom stereocenters. The number of alkyl halides is 3. The summed E-state index contributed by atoms with van der Waals surface area (Å²) in [6, 6.07) is 0. The fourth-order valence-corrected chi connectivity index (χ4v) is 2.16. The molecule has 3 nitrogen and oxygen atoms in total. The molecule has 2 rings (SSSR count). The predicted molar refractivity (Wildman–Crippen MR) is 50.0 cm³/mol. The summed E-state index contributed by atoms with van der Waals surface area (Å²) in [5.41, 5.74) is 0.494. The lowest BCUT2D eigenvalue weighted by atomic mass is 10.4. The van der Waals surface area contributed by atoms with E-state index in [0.29, 0.717) is 17.0 Å². The highest BCUT2D eigenvalue weighted by molar-refractivity contribution is 7.18. The number of hydrogen-bond acceptors (Lipinski definition) is 4. The first-order valence-electron chi connectivity index (χ1n) is 3.76. The normalized spacial score (nSPS) is 12.3. The van der Waals surface area contributed by atoms with E-state index >= 15 is 0 Å². The molecule has 2 aromatic rings. The van der Waals surface area contributed by atoms with Crippen molar-refractivity contribution in [1.82, 2.24) is 15.0 Å². The Morgan fingerprint density at radius 2 is 1.87 bits per heavy atom. The zero-order chi connectivity index (χ0) is 11.2. The van der Waals surface area contributed by atoms with Crippen LogP contribution < -0.4 is 0 Å². The van der Waals surface area contributed by atoms with Crippen LogP contribution in [0.5, 0.6) is 0 Å². The second-order valence-corrected chi connectivity index (χ2v) is 4.06. The van der Waals surface area contributed by atoms with Gasteiger partial charge >= 0.3 is 6.18 Å². The van der Waals surface area contributed by atoms with Crippen molar-refractivity contribution in [2.45, 2.75) is 13.1 Å². The zero-order valence-corrected chi connectivity index (χ0v) is 8.83. The summed E-state index contributed by atoms with van der Waals surface area (Å²) in [5, 5.41) is -1.01. The molecule has 0 aliphatic rings. The molecule has 2 aromatic heterocycles. The number of thiazole rings is 1. The Morgan fingerprint density at radius 1 is 1.20 bits per heavy atom. The van der Waals surface area contributed by atoms with Gasteiger partial charge in [0.1, 0.15) is 10.3 Å². The first-order valence-corrected chi connectivity index (χ1v) is 4.95. The van der Waals surface area contributed by atoms with Gasteiger partial charge in [0.2, 0.25) is 10.3 Å². The van der Waals surface area contributed by atoms with Crippen molar-refractivity contribution in [3.63, 3.8) is 0 Å². The number of nitrogens with zero attached hydrogens (tertiary/aromatic N) is 3.